The fraction of sp³-hybridized carbons (Fsp3) is 0.438. The summed E-state index contributed by atoms with van der Waals surface area (Å²) in [7, 11) is 0. The van der Waals surface area contributed by atoms with Gasteiger partial charge < -0.3 is 10.0 Å². The zero-order chi connectivity index (χ0) is 17.1. The van der Waals surface area contributed by atoms with E-state index >= 15 is 0 Å². The minimum Gasteiger partial charge on any atom is -0.392 e. The van der Waals surface area contributed by atoms with E-state index in [9.17, 15) is 9.90 Å². The van der Waals surface area contributed by atoms with E-state index in [1.54, 1.807) is 24.0 Å². The van der Waals surface area contributed by atoms with Gasteiger partial charge in [0.05, 0.1) is 23.0 Å². The molecule has 1 aliphatic rings. The lowest BCUT2D eigenvalue weighted by Crippen LogP contribution is -2.50. The average molecular weight is 350 g/mol. The number of rotatable bonds is 4. The van der Waals surface area contributed by atoms with Crippen molar-refractivity contribution in [1.82, 2.24) is 24.8 Å². The number of aliphatic hydroxyl groups excluding tert-OH is 1. The highest BCUT2D eigenvalue weighted by Gasteiger charge is 2.26. The molecule has 1 saturated heterocycles. The van der Waals surface area contributed by atoms with E-state index in [0.717, 1.165) is 13.1 Å². The van der Waals surface area contributed by atoms with E-state index < -0.39 is 0 Å². The number of aromatic nitrogens is 3. The van der Waals surface area contributed by atoms with E-state index in [4.69, 9.17) is 11.6 Å². The summed E-state index contributed by atoms with van der Waals surface area (Å²) in [6.45, 7) is 5.10. The third-order valence-electron chi connectivity index (χ3n) is 4.03. The van der Waals surface area contributed by atoms with Crippen molar-refractivity contribution in [2.45, 2.75) is 13.0 Å². The monoisotopic (exact) mass is 349 g/mol. The highest BCUT2D eigenvalue weighted by molar-refractivity contribution is 6.32. The van der Waals surface area contributed by atoms with Crippen molar-refractivity contribution < 1.29 is 9.90 Å². The second-order valence-electron chi connectivity index (χ2n) is 5.92. The van der Waals surface area contributed by atoms with E-state index in [1.807, 2.05) is 12.1 Å². The maximum Gasteiger partial charge on any atom is 0.274 e. The van der Waals surface area contributed by atoms with Crippen LogP contribution in [0, 0.1) is 0 Å². The number of hydrogen-bond acceptors (Lipinski definition) is 5. The van der Waals surface area contributed by atoms with Crippen molar-refractivity contribution in [3.63, 3.8) is 0 Å². The first kappa shape index (κ1) is 16.9. The lowest BCUT2D eigenvalue weighted by Gasteiger charge is -2.35. The largest absolute Gasteiger partial charge is 0.392 e. The smallest absolute Gasteiger partial charge is 0.274 e. The Hall–Kier alpha value is -1.96. The van der Waals surface area contributed by atoms with Gasteiger partial charge in [-0.2, -0.15) is 0 Å². The molecule has 1 atom stereocenters. The third-order valence-corrected chi connectivity index (χ3v) is 4.35. The van der Waals surface area contributed by atoms with Crippen LogP contribution in [-0.4, -0.2) is 74.6 Å². The van der Waals surface area contributed by atoms with Gasteiger partial charge in [0.25, 0.3) is 5.91 Å². The minimum atomic E-state index is -0.363. The fourth-order valence-corrected chi connectivity index (χ4v) is 3.07. The number of halogens is 1. The van der Waals surface area contributed by atoms with Gasteiger partial charge in [0.1, 0.15) is 0 Å². The summed E-state index contributed by atoms with van der Waals surface area (Å²) in [4.78, 5) is 16.7. The first-order valence-electron chi connectivity index (χ1n) is 7.91. The van der Waals surface area contributed by atoms with Crippen LogP contribution in [0.2, 0.25) is 5.02 Å². The quantitative estimate of drug-likeness (QED) is 0.893. The van der Waals surface area contributed by atoms with Gasteiger partial charge in [0.2, 0.25) is 0 Å². The van der Waals surface area contributed by atoms with Gasteiger partial charge in [-0.25, -0.2) is 4.68 Å². The number of hydrogen-bond donors (Lipinski definition) is 1. The summed E-state index contributed by atoms with van der Waals surface area (Å²) in [5.41, 5.74) is 1.03. The molecule has 0 spiro atoms. The number of piperazine rings is 1. The Morgan fingerprint density at radius 3 is 2.67 bits per heavy atom. The van der Waals surface area contributed by atoms with Crippen LogP contribution < -0.4 is 0 Å². The molecule has 3 rings (SSSR count). The maximum atomic E-state index is 12.8. The standard InChI is InChI=1S/C16H20ClN5O2/c1-12(23)11-20-6-8-21(9-7-20)16(24)15-10-18-19-22(15)14-5-3-2-4-13(14)17/h2-5,10,12,23H,6-9,11H2,1H3. The average Bonchev–Trinajstić information content (AvgIpc) is 3.04. The summed E-state index contributed by atoms with van der Waals surface area (Å²) in [6, 6.07) is 7.22. The molecule has 0 radical (unpaired) electrons. The highest BCUT2D eigenvalue weighted by Crippen LogP contribution is 2.21. The van der Waals surface area contributed by atoms with Crippen molar-refractivity contribution in [2.75, 3.05) is 32.7 Å². The molecule has 1 aromatic carbocycles. The van der Waals surface area contributed by atoms with Gasteiger partial charge in [-0.3, -0.25) is 9.69 Å². The van der Waals surface area contributed by atoms with Crippen LogP contribution >= 0.6 is 11.6 Å². The molecule has 0 aliphatic carbocycles. The van der Waals surface area contributed by atoms with Crippen molar-refractivity contribution in [3.05, 3.63) is 41.2 Å². The van der Waals surface area contributed by atoms with Crippen LogP contribution in [0.25, 0.3) is 5.69 Å². The van der Waals surface area contributed by atoms with Gasteiger partial charge >= 0.3 is 0 Å². The molecule has 1 unspecified atom stereocenters. The number of benzene rings is 1. The summed E-state index contributed by atoms with van der Waals surface area (Å²) < 4.78 is 1.48. The molecular formula is C16H20ClN5O2. The van der Waals surface area contributed by atoms with Crippen molar-refractivity contribution >= 4 is 17.5 Å². The van der Waals surface area contributed by atoms with Crippen molar-refractivity contribution in [3.8, 4) is 5.69 Å². The maximum absolute atomic E-state index is 12.8. The molecule has 0 bridgehead atoms. The van der Waals surface area contributed by atoms with E-state index in [2.05, 4.69) is 15.2 Å². The van der Waals surface area contributed by atoms with Gasteiger partial charge in [0.15, 0.2) is 5.69 Å². The van der Waals surface area contributed by atoms with E-state index in [-0.39, 0.29) is 12.0 Å². The first-order chi connectivity index (χ1) is 11.6. The molecule has 1 amide bonds. The van der Waals surface area contributed by atoms with Crippen LogP contribution in [0.4, 0.5) is 0 Å². The van der Waals surface area contributed by atoms with Gasteiger partial charge in [0, 0.05) is 32.7 Å². The normalized spacial score (nSPS) is 17.0. The Labute approximate surface area is 145 Å². The Morgan fingerprint density at radius 2 is 2.00 bits per heavy atom. The number of nitrogens with zero attached hydrogens (tertiary/aromatic N) is 5. The van der Waals surface area contributed by atoms with E-state index in [0.29, 0.717) is 36.0 Å². The molecule has 1 aromatic heterocycles. The van der Waals surface area contributed by atoms with Gasteiger partial charge in [-0.15, -0.1) is 5.10 Å². The molecule has 1 aliphatic heterocycles. The summed E-state index contributed by atoms with van der Waals surface area (Å²) in [5, 5.41) is 17.9. The first-order valence-corrected chi connectivity index (χ1v) is 8.29. The Bertz CT molecular complexity index is 710. The molecule has 128 valence electrons. The number of carbonyl (C=O) groups excluding carboxylic acids is 1. The molecule has 7 nitrogen and oxygen atoms in total. The summed E-state index contributed by atoms with van der Waals surface area (Å²) in [6.07, 6.45) is 1.10. The van der Waals surface area contributed by atoms with Gasteiger partial charge in [-0.05, 0) is 19.1 Å². The number of para-hydroxylation sites is 1. The molecule has 1 fully saturated rings. The van der Waals surface area contributed by atoms with Crippen molar-refractivity contribution in [1.29, 1.82) is 0 Å². The molecule has 8 heteroatoms. The number of aliphatic hydroxyl groups is 1. The number of amides is 1. The van der Waals surface area contributed by atoms with E-state index in [1.165, 1.54) is 10.9 Å². The minimum absolute atomic E-state index is 0.114. The Kier molecular flexibility index (Phi) is 5.13. The second kappa shape index (κ2) is 7.29. The predicted octanol–water partition coefficient (Wildman–Crippen LogP) is 1.06. The molecule has 0 saturated carbocycles. The lowest BCUT2D eigenvalue weighted by atomic mass is 10.2. The molecule has 2 heterocycles. The summed E-state index contributed by atoms with van der Waals surface area (Å²) >= 11 is 6.20. The summed E-state index contributed by atoms with van der Waals surface area (Å²) in [5.74, 6) is -0.114. The SMILES string of the molecule is CC(O)CN1CCN(C(=O)c2cnnn2-c2ccccc2Cl)CC1. The predicted molar refractivity (Wildman–Crippen MR) is 90.4 cm³/mol. The van der Waals surface area contributed by atoms with Crippen LogP contribution in [0.15, 0.2) is 30.5 Å². The van der Waals surface area contributed by atoms with Crippen molar-refractivity contribution in [2.24, 2.45) is 0 Å². The Morgan fingerprint density at radius 1 is 1.29 bits per heavy atom. The molecule has 24 heavy (non-hydrogen) atoms. The zero-order valence-electron chi connectivity index (χ0n) is 13.5. The van der Waals surface area contributed by atoms with Crippen LogP contribution in [0.5, 0.6) is 0 Å². The third kappa shape index (κ3) is 3.58. The number of carbonyl (C=O) groups is 1. The topological polar surface area (TPSA) is 74.5 Å². The van der Waals surface area contributed by atoms with Crippen LogP contribution in [-0.2, 0) is 0 Å². The zero-order valence-corrected chi connectivity index (χ0v) is 14.2. The second-order valence-corrected chi connectivity index (χ2v) is 6.33. The lowest BCUT2D eigenvalue weighted by molar-refractivity contribution is 0.0546. The Balaban J connectivity index is 1.74. The fourth-order valence-electron chi connectivity index (χ4n) is 2.85. The molecular weight excluding hydrogens is 330 g/mol. The van der Waals surface area contributed by atoms with Crippen LogP contribution in [0.3, 0.4) is 0 Å². The molecule has 2 aromatic rings. The number of β-amino-alcohol motifs (C(OH)–C–C–N with tert-alkyl or cyclic N) is 1. The van der Waals surface area contributed by atoms with Crippen LogP contribution in [0.1, 0.15) is 17.4 Å². The van der Waals surface area contributed by atoms with Gasteiger partial charge in [-0.1, -0.05) is 28.9 Å². The highest BCUT2D eigenvalue weighted by atomic mass is 35.5. The molecule has 1 N–H and O–H groups in total.